The van der Waals surface area contributed by atoms with Crippen LogP contribution in [-0.2, 0) is 6.54 Å². The van der Waals surface area contributed by atoms with Crippen LogP contribution in [-0.4, -0.2) is 32.7 Å². The molecule has 9 heteroatoms. The second kappa shape index (κ2) is 8.83. The van der Waals surface area contributed by atoms with E-state index in [-0.39, 0.29) is 11.6 Å². The molecular weight excluding hydrogens is 420 g/mol. The lowest BCUT2D eigenvalue weighted by molar-refractivity contribution is 0.0958. The molecule has 164 valence electrons. The monoisotopic (exact) mass is 440 g/mol. The summed E-state index contributed by atoms with van der Waals surface area (Å²) in [6, 6.07) is 18.9. The summed E-state index contributed by atoms with van der Waals surface area (Å²) in [5, 5.41) is 10.1. The van der Waals surface area contributed by atoms with Crippen molar-refractivity contribution in [2.75, 3.05) is 12.4 Å². The molecule has 0 atom stereocenters. The maximum atomic E-state index is 11.8. The van der Waals surface area contributed by atoms with E-state index in [0.717, 1.165) is 11.3 Å². The van der Waals surface area contributed by atoms with E-state index in [0.29, 0.717) is 35.2 Å². The molecule has 0 saturated carbocycles. The van der Waals surface area contributed by atoms with Crippen molar-refractivity contribution in [2.24, 2.45) is 0 Å². The number of pyridine rings is 1. The normalized spacial score (nSPS) is 10.8. The molecule has 0 fully saturated rings. The van der Waals surface area contributed by atoms with Gasteiger partial charge in [0.25, 0.3) is 11.9 Å². The zero-order chi connectivity index (χ0) is 22.6. The number of aromatic nitrogens is 4. The van der Waals surface area contributed by atoms with Gasteiger partial charge < -0.3 is 19.8 Å². The number of nitrogens with one attached hydrogen (secondary N) is 2. The maximum absolute atomic E-state index is 11.8. The topological polar surface area (TPSA) is 107 Å². The first-order valence-electron chi connectivity index (χ1n) is 10.3. The third-order valence-electron chi connectivity index (χ3n) is 4.96. The Hall–Kier alpha value is -4.66. The Kier molecular flexibility index (Phi) is 5.42. The number of ether oxygens (including phenoxy) is 1. The molecule has 5 rings (SSSR count). The highest BCUT2D eigenvalue weighted by Crippen LogP contribution is 2.28. The van der Waals surface area contributed by atoms with E-state index in [2.05, 4.69) is 25.7 Å². The van der Waals surface area contributed by atoms with E-state index in [1.54, 1.807) is 37.5 Å². The number of carbonyl (C=O) groups excluding carboxylic acids is 1. The summed E-state index contributed by atoms with van der Waals surface area (Å²) >= 11 is 0. The highest BCUT2D eigenvalue weighted by Gasteiger charge is 2.11. The standard InChI is InChI=1S/C24H20N6O3/c1-25-23(31)20-13-18(9-11-26-20)32-17-7-8-19-22(14-17)33-24(29-19)27-15-16-5-2-3-6-21(16)30-12-4-10-28-30/h2-14H,15H2,1H3,(H,25,31)(H,27,29). The molecule has 33 heavy (non-hydrogen) atoms. The quantitative estimate of drug-likeness (QED) is 0.391. The van der Waals surface area contributed by atoms with Crippen LogP contribution >= 0.6 is 0 Å². The number of anilines is 1. The molecule has 0 aliphatic rings. The molecule has 0 radical (unpaired) electrons. The van der Waals surface area contributed by atoms with Gasteiger partial charge in [0.1, 0.15) is 22.7 Å². The number of para-hydroxylation sites is 1. The van der Waals surface area contributed by atoms with Crippen molar-refractivity contribution in [2.45, 2.75) is 6.54 Å². The first-order valence-corrected chi connectivity index (χ1v) is 10.3. The molecule has 9 nitrogen and oxygen atoms in total. The van der Waals surface area contributed by atoms with Gasteiger partial charge in [-0.1, -0.05) is 18.2 Å². The summed E-state index contributed by atoms with van der Waals surface area (Å²) in [7, 11) is 1.55. The molecule has 0 saturated heterocycles. The van der Waals surface area contributed by atoms with Gasteiger partial charge in [-0.05, 0) is 35.9 Å². The highest BCUT2D eigenvalue weighted by molar-refractivity contribution is 5.92. The Labute approximate surface area is 189 Å². The van der Waals surface area contributed by atoms with Crippen LogP contribution in [0.15, 0.2) is 83.7 Å². The van der Waals surface area contributed by atoms with Gasteiger partial charge in [0.2, 0.25) is 0 Å². The van der Waals surface area contributed by atoms with Gasteiger partial charge >= 0.3 is 0 Å². The number of nitrogens with zero attached hydrogens (tertiary/aromatic N) is 4. The first-order chi connectivity index (χ1) is 16.2. The predicted octanol–water partition coefficient (Wildman–Crippen LogP) is 4.17. The molecule has 0 spiro atoms. The SMILES string of the molecule is CNC(=O)c1cc(Oc2ccc3nc(NCc4ccccc4-n4cccn4)oc3c2)ccn1. The largest absolute Gasteiger partial charge is 0.457 e. The smallest absolute Gasteiger partial charge is 0.295 e. The van der Waals surface area contributed by atoms with Gasteiger partial charge in [0.15, 0.2) is 5.58 Å². The van der Waals surface area contributed by atoms with Crippen LogP contribution in [0.2, 0.25) is 0 Å². The van der Waals surface area contributed by atoms with Crippen molar-refractivity contribution in [3.8, 4) is 17.2 Å². The number of amides is 1. The van der Waals surface area contributed by atoms with Gasteiger partial charge in [-0.25, -0.2) is 4.68 Å². The number of hydrogen-bond acceptors (Lipinski definition) is 7. The number of rotatable bonds is 7. The van der Waals surface area contributed by atoms with Crippen LogP contribution in [0.1, 0.15) is 16.1 Å². The molecule has 3 aromatic heterocycles. The van der Waals surface area contributed by atoms with Crippen molar-refractivity contribution in [3.05, 3.63) is 90.5 Å². The third-order valence-corrected chi connectivity index (χ3v) is 4.96. The molecule has 0 aliphatic heterocycles. The van der Waals surface area contributed by atoms with Crippen molar-refractivity contribution in [1.29, 1.82) is 0 Å². The number of hydrogen-bond donors (Lipinski definition) is 2. The molecule has 0 aliphatic carbocycles. The lowest BCUT2D eigenvalue weighted by Gasteiger charge is -2.09. The predicted molar refractivity (Wildman–Crippen MR) is 123 cm³/mol. The van der Waals surface area contributed by atoms with Crippen molar-refractivity contribution in [3.63, 3.8) is 0 Å². The minimum atomic E-state index is -0.281. The summed E-state index contributed by atoms with van der Waals surface area (Å²) in [6.45, 7) is 0.519. The van der Waals surface area contributed by atoms with Gasteiger partial charge in [0.05, 0.1) is 5.69 Å². The van der Waals surface area contributed by atoms with Crippen LogP contribution < -0.4 is 15.4 Å². The summed E-state index contributed by atoms with van der Waals surface area (Å²) in [5.74, 6) is 0.773. The molecule has 2 aromatic carbocycles. The average Bonchev–Trinajstić information content (AvgIpc) is 3.52. The molecular formula is C24H20N6O3. The van der Waals surface area contributed by atoms with Crippen LogP contribution in [0.4, 0.5) is 6.01 Å². The Morgan fingerprint density at radius 1 is 1.06 bits per heavy atom. The summed E-state index contributed by atoms with van der Waals surface area (Å²) in [4.78, 5) is 20.3. The number of benzene rings is 2. The Balaban J connectivity index is 1.32. The molecule has 5 aromatic rings. The maximum Gasteiger partial charge on any atom is 0.295 e. The van der Waals surface area contributed by atoms with E-state index in [4.69, 9.17) is 9.15 Å². The molecule has 1 amide bonds. The van der Waals surface area contributed by atoms with E-state index in [9.17, 15) is 4.79 Å². The first kappa shape index (κ1) is 20.3. The van der Waals surface area contributed by atoms with E-state index in [1.165, 1.54) is 6.20 Å². The Morgan fingerprint density at radius 3 is 2.79 bits per heavy atom. The van der Waals surface area contributed by atoms with Crippen LogP contribution in [0.25, 0.3) is 16.8 Å². The molecule has 0 unspecified atom stereocenters. The fourth-order valence-corrected chi connectivity index (χ4v) is 3.37. The van der Waals surface area contributed by atoms with Crippen molar-refractivity contribution >= 4 is 23.0 Å². The highest BCUT2D eigenvalue weighted by atomic mass is 16.5. The molecule has 3 heterocycles. The van der Waals surface area contributed by atoms with Crippen LogP contribution in [0.5, 0.6) is 11.5 Å². The van der Waals surface area contributed by atoms with Gasteiger partial charge in [-0.3, -0.25) is 9.78 Å². The van der Waals surface area contributed by atoms with E-state index in [1.807, 2.05) is 47.3 Å². The van der Waals surface area contributed by atoms with Gasteiger partial charge in [0, 0.05) is 44.3 Å². The lowest BCUT2D eigenvalue weighted by Crippen LogP contribution is -2.18. The van der Waals surface area contributed by atoms with Crippen molar-refractivity contribution in [1.82, 2.24) is 25.1 Å². The van der Waals surface area contributed by atoms with Crippen molar-refractivity contribution < 1.29 is 13.9 Å². The fraction of sp³-hybridized carbons (Fsp3) is 0.0833. The summed E-state index contributed by atoms with van der Waals surface area (Å²) in [6.07, 6.45) is 5.17. The Bertz CT molecular complexity index is 1410. The van der Waals surface area contributed by atoms with E-state index >= 15 is 0 Å². The average molecular weight is 440 g/mol. The fourth-order valence-electron chi connectivity index (χ4n) is 3.37. The lowest BCUT2D eigenvalue weighted by atomic mass is 10.2. The van der Waals surface area contributed by atoms with Crippen LogP contribution in [0.3, 0.4) is 0 Å². The summed E-state index contributed by atoms with van der Waals surface area (Å²) < 4.78 is 13.6. The molecule has 2 N–H and O–H groups in total. The zero-order valence-corrected chi connectivity index (χ0v) is 17.7. The zero-order valence-electron chi connectivity index (χ0n) is 17.7. The van der Waals surface area contributed by atoms with Crippen LogP contribution in [0, 0.1) is 0 Å². The van der Waals surface area contributed by atoms with E-state index < -0.39 is 0 Å². The molecule has 0 bridgehead atoms. The van der Waals surface area contributed by atoms with Gasteiger partial charge in [-0.15, -0.1) is 0 Å². The number of carbonyl (C=O) groups is 1. The second-order valence-corrected chi connectivity index (χ2v) is 7.14. The number of oxazole rings is 1. The minimum absolute atomic E-state index is 0.276. The third kappa shape index (κ3) is 4.38. The Morgan fingerprint density at radius 2 is 1.94 bits per heavy atom. The second-order valence-electron chi connectivity index (χ2n) is 7.14. The minimum Gasteiger partial charge on any atom is -0.457 e. The van der Waals surface area contributed by atoms with Gasteiger partial charge in [-0.2, -0.15) is 10.1 Å². The number of fused-ring (bicyclic) bond motifs is 1. The summed E-state index contributed by atoms with van der Waals surface area (Å²) in [5.41, 5.74) is 3.59.